The third-order valence-electron chi connectivity index (χ3n) is 5.87. The number of amides is 2. The number of pyridine rings is 1. The molecule has 0 bridgehead atoms. The van der Waals surface area contributed by atoms with Crippen molar-refractivity contribution >= 4 is 23.5 Å². The van der Waals surface area contributed by atoms with Crippen molar-refractivity contribution in [1.82, 2.24) is 19.7 Å². The van der Waals surface area contributed by atoms with Gasteiger partial charge in [-0.1, -0.05) is 0 Å². The summed E-state index contributed by atoms with van der Waals surface area (Å²) in [5.74, 6) is -3.28. The SMILES string of the molecule is Cn1cc(C(=O)N2CCCC3(CCN(c4cccnc4)C3=O)C2)c(C(F)F)n1.O=C(O)C(F)(F)F. The van der Waals surface area contributed by atoms with Gasteiger partial charge in [-0.3, -0.25) is 19.3 Å². The number of anilines is 1. The second kappa shape index (κ2) is 9.96. The molecule has 1 atom stereocenters. The number of carboxylic acids is 1. The second-order valence-electron chi connectivity index (χ2n) is 8.23. The van der Waals surface area contributed by atoms with E-state index in [0.717, 1.165) is 5.69 Å². The molecule has 2 aliphatic rings. The largest absolute Gasteiger partial charge is 0.490 e. The van der Waals surface area contributed by atoms with Crippen LogP contribution in [-0.2, 0) is 16.6 Å². The fourth-order valence-electron chi connectivity index (χ4n) is 4.27. The Hall–Kier alpha value is -3.58. The summed E-state index contributed by atoms with van der Waals surface area (Å²) in [4.78, 5) is 42.3. The minimum absolute atomic E-state index is 0.0294. The molecule has 1 unspecified atom stereocenters. The van der Waals surface area contributed by atoms with Crippen molar-refractivity contribution in [3.8, 4) is 0 Å². The molecule has 9 nitrogen and oxygen atoms in total. The topological polar surface area (TPSA) is 109 Å². The highest BCUT2D eigenvalue weighted by Gasteiger charge is 2.50. The highest BCUT2D eigenvalue weighted by atomic mass is 19.4. The predicted octanol–water partition coefficient (Wildman–Crippen LogP) is 3.05. The van der Waals surface area contributed by atoms with Crippen molar-refractivity contribution in [2.45, 2.75) is 31.9 Å². The lowest BCUT2D eigenvalue weighted by molar-refractivity contribution is -0.192. The number of aromatic nitrogens is 3. The van der Waals surface area contributed by atoms with E-state index in [0.29, 0.717) is 32.4 Å². The number of alkyl halides is 5. The average molecular weight is 503 g/mol. The van der Waals surface area contributed by atoms with E-state index in [-0.39, 0.29) is 18.0 Å². The molecule has 4 rings (SSSR count). The van der Waals surface area contributed by atoms with Gasteiger partial charge in [-0.15, -0.1) is 0 Å². The van der Waals surface area contributed by atoms with E-state index in [9.17, 15) is 31.5 Å². The summed E-state index contributed by atoms with van der Waals surface area (Å²) >= 11 is 0. The fraction of sp³-hybridized carbons (Fsp3) is 0.476. The molecule has 0 radical (unpaired) electrons. The zero-order valence-electron chi connectivity index (χ0n) is 18.5. The molecule has 2 amide bonds. The molecule has 2 aromatic rings. The first-order valence-corrected chi connectivity index (χ1v) is 10.5. The minimum atomic E-state index is -5.08. The number of carbonyl (C=O) groups is 3. The summed E-state index contributed by atoms with van der Waals surface area (Å²) < 4.78 is 59.5. The number of rotatable bonds is 3. The summed E-state index contributed by atoms with van der Waals surface area (Å²) in [7, 11) is 1.51. The van der Waals surface area contributed by atoms with Gasteiger partial charge in [0, 0.05) is 39.1 Å². The number of likely N-dealkylation sites (tertiary alicyclic amines) is 1. The first-order valence-electron chi connectivity index (χ1n) is 10.5. The van der Waals surface area contributed by atoms with Crippen LogP contribution in [0.4, 0.5) is 27.6 Å². The quantitative estimate of drug-likeness (QED) is 0.646. The Balaban J connectivity index is 0.000000429. The maximum Gasteiger partial charge on any atom is 0.490 e. The summed E-state index contributed by atoms with van der Waals surface area (Å²) in [6.07, 6.45) is -1.33. The van der Waals surface area contributed by atoms with Gasteiger partial charge in [-0.2, -0.15) is 18.3 Å². The van der Waals surface area contributed by atoms with Crippen molar-refractivity contribution in [3.05, 3.63) is 42.0 Å². The van der Waals surface area contributed by atoms with Gasteiger partial charge in [0.1, 0.15) is 5.69 Å². The van der Waals surface area contributed by atoms with E-state index in [1.54, 1.807) is 23.4 Å². The molecule has 2 fully saturated rings. The molecule has 1 N–H and O–H groups in total. The Morgan fingerprint density at radius 2 is 1.89 bits per heavy atom. The minimum Gasteiger partial charge on any atom is -0.475 e. The van der Waals surface area contributed by atoms with Gasteiger partial charge in [0.15, 0.2) is 0 Å². The summed E-state index contributed by atoms with van der Waals surface area (Å²) in [6, 6.07) is 3.61. The van der Waals surface area contributed by atoms with Crippen LogP contribution in [-0.4, -0.2) is 68.4 Å². The lowest BCUT2D eigenvalue weighted by atomic mass is 9.78. The van der Waals surface area contributed by atoms with Gasteiger partial charge in [-0.05, 0) is 31.4 Å². The molecule has 0 aromatic carbocycles. The first kappa shape index (κ1) is 26.0. The van der Waals surface area contributed by atoms with Crippen molar-refractivity contribution in [3.63, 3.8) is 0 Å². The lowest BCUT2D eigenvalue weighted by Gasteiger charge is -2.39. The van der Waals surface area contributed by atoms with Crippen LogP contribution in [0.2, 0.25) is 0 Å². The molecule has 2 aromatic heterocycles. The van der Waals surface area contributed by atoms with E-state index in [1.807, 2.05) is 6.07 Å². The maximum atomic E-state index is 13.3. The lowest BCUT2D eigenvalue weighted by Crippen LogP contribution is -2.50. The Morgan fingerprint density at radius 1 is 1.20 bits per heavy atom. The van der Waals surface area contributed by atoms with Crippen LogP contribution in [0.5, 0.6) is 0 Å². The number of aryl methyl sites for hydroxylation is 1. The number of aliphatic carboxylic acids is 1. The number of carbonyl (C=O) groups excluding carboxylic acids is 2. The second-order valence-corrected chi connectivity index (χ2v) is 8.23. The molecule has 2 saturated heterocycles. The smallest absolute Gasteiger partial charge is 0.475 e. The van der Waals surface area contributed by atoms with Crippen LogP contribution >= 0.6 is 0 Å². The third-order valence-corrected chi connectivity index (χ3v) is 5.87. The molecule has 0 aliphatic carbocycles. The van der Waals surface area contributed by atoms with E-state index < -0.39 is 35.6 Å². The molecular weight excluding hydrogens is 481 g/mol. The van der Waals surface area contributed by atoms with Crippen LogP contribution < -0.4 is 4.90 Å². The Labute approximate surface area is 196 Å². The van der Waals surface area contributed by atoms with Crippen LogP contribution in [0.1, 0.15) is 41.7 Å². The molecule has 14 heteroatoms. The number of hydrogen-bond donors (Lipinski definition) is 1. The molecule has 35 heavy (non-hydrogen) atoms. The predicted molar refractivity (Wildman–Crippen MR) is 111 cm³/mol. The van der Waals surface area contributed by atoms with Crippen LogP contribution in [0.3, 0.4) is 0 Å². The molecule has 190 valence electrons. The molecule has 2 aliphatic heterocycles. The van der Waals surface area contributed by atoms with Crippen LogP contribution in [0.15, 0.2) is 30.7 Å². The molecule has 0 saturated carbocycles. The Kier molecular flexibility index (Phi) is 7.41. The Bertz CT molecular complexity index is 1090. The van der Waals surface area contributed by atoms with Crippen molar-refractivity contribution in [1.29, 1.82) is 0 Å². The normalized spacial score (nSPS) is 20.3. The van der Waals surface area contributed by atoms with Gasteiger partial charge in [0.2, 0.25) is 5.91 Å². The van der Waals surface area contributed by atoms with Crippen molar-refractivity contribution < 1.29 is 41.4 Å². The van der Waals surface area contributed by atoms with E-state index in [1.165, 1.54) is 22.8 Å². The number of carboxylic acid groups (broad SMARTS) is 1. The van der Waals surface area contributed by atoms with E-state index in [4.69, 9.17) is 9.90 Å². The Morgan fingerprint density at radius 3 is 2.46 bits per heavy atom. The van der Waals surface area contributed by atoms with Crippen molar-refractivity contribution in [2.75, 3.05) is 24.5 Å². The molecular formula is C21H22F5N5O4. The van der Waals surface area contributed by atoms with Crippen molar-refractivity contribution in [2.24, 2.45) is 12.5 Å². The zero-order valence-corrected chi connectivity index (χ0v) is 18.5. The highest BCUT2D eigenvalue weighted by Crippen LogP contribution is 2.42. The first-order chi connectivity index (χ1) is 16.4. The number of hydrogen-bond acceptors (Lipinski definition) is 5. The standard InChI is InChI=1S/C19H21F2N5O2.C2HF3O2/c1-24-11-14(15(23-24)16(20)21)17(27)25-8-3-5-19(12-25)6-9-26(18(19)28)13-4-2-7-22-10-13;3-2(4,5)1(6)7/h2,4,7,10-11,16H,3,5-6,8-9,12H2,1H3;(H,6,7). The number of piperidine rings is 1. The van der Waals surface area contributed by atoms with Gasteiger partial charge >= 0.3 is 12.1 Å². The van der Waals surface area contributed by atoms with Gasteiger partial charge in [0.25, 0.3) is 12.3 Å². The van der Waals surface area contributed by atoms with Crippen LogP contribution in [0.25, 0.3) is 0 Å². The summed E-state index contributed by atoms with van der Waals surface area (Å²) in [5, 5.41) is 10.8. The number of nitrogens with zero attached hydrogens (tertiary/aromatic N) is 5. The molecule has 4 heterocycles. The summed E-state index contributed by atoms with van der Waals surface area (Å²) in [5.41, 5.74) is -0.539. The van der Waals surface area contributed by atoms with Gasteiger partial charge < -0.3 is 14.9 Å². The third kappa shape index (κ3) is 5.57. The summed E-state index contributed by atoms with van der Waals surface area (Å²) in [6.45, 7) is 1.24. The monoisotopic (exact) mass is 503 g/mol. The molecule has 1 spiro atoms. The highest BCUT2D eigenvalue weighted by molar-refractivity contribution is 6.01. The number of halogens is 5. The van der Waals surface area contributed by atoms with E-state index in [2.05, 4.69) is 10.1 Å². The van der Waals surface area contributed by atoms with Gasteiger partial charge in [0.05, 0.1) is 22.9 Å². The van der Waals surface area contributed by atoms with Gasteiger partial charge in [-0.25, -0.2) is 13.6 Å². The maximum absolute atomic E-state index is 13.3. The average Bonchev–Trinajstić information content (AvgIpc) is 3.34. The fourth-order valence-corrected chi connectivity index (χ4v) is 4.27. The zero-order chi connectivity index (χ0) is 26.0. The van der Waals surface area contributed by atoms with Crippen LogP contribution in [0, 0.1) is 5.41 Å². The van der Waals surface area contributed by atoms with E-state index >= 15 is 0 Å².